The minimum Gasteiger partial charge on any atom is -0.373 e. The number of hydrogen-bond donors (Lipinski definition) is 2. The molecule has 2 N–H and O–H groups in total. The number of fused-ring (bicyclic) bond motifs is 1. The molecular weight excluding hydrogens is 252 g/mol. The molecule has 0 bridgehead atoms. The zero-order valence-corrected chi connectivity index (χ0v) is 10.8. The molecule has 4 nitrogen and oxygen atoms in total. The molecule has 1 heterocycles. The third-order valence-electron chi connectivity index (χ3n) is 3.30. The summed E-state index contributed by atoms with van der Waals surface area (Å²) in [6.45, 7) is 0. The number of carbonyl (C=O) groups excluding carboxylic acids is 2. The molecule has 0 aliphatic carbocycles. The highest BCUT2D eigenvalue weighted by Crippen LogP contribution is 2.26. The van der Waals surface area contributed by atoms with E-state index in [4.69, 9.17) is 0 Å². The molecular formula is C16H14N2O2. The molecule has 0 saturated carbocycles. The second-order valence-electron chi connectivity index (χ2n) is 4.73. The number of amides is 1. The van der Waals surface area contributed by atoms with Gasteiger partial charge in [-0.3, -0.25) is 9.59 Å². The summed E-state index contributed by atoms with van der Waals surface area (Å²) < 4.78 is 0. The Morgan fingerprint density at radius 3 is 2.35 bits per heavy atom. The van der Waals surface area contributed by atoms with Gasteiger partial charge >= 0.3 is 0 Å². The van der Waals surface area contributed by atoms with E-state index in [-0.39, 0.29) is 18.1 Å². The third kappa shape index (κ3) is 2.40. The number of benzene rings is 2. The minimum atomic E-state index is -0.541. The van der Waals surface area contributed by atoms with Crippen LogP contribution in [-0.4, -0.2) is 17.7 Å². The maximum absolute atomic E-state index is 12.5. The molecule has 2 aromatic rings. The molecule has 0 radical (unpaired) electrons. The summed E-state index contributed by atoms with van der Waals surface area (Å²) >= 11 is 0. The van der Waals surface area contributed by atoms with Crippen molar-refractivity contribution in [3.8, 4) is 0 Å². The van der Waals surface area contributed by atoms with Gasteiger partial charge in [0.2, 0.25) is 5.91 Å². The number of nitrogens with one attached hydrogen (secondary N) is 2. The zero-order valence-electron chi connectivity index (χ0n) is 10.8. The lowest BCUT2D eigenvalue weighted by molar-refractivity contribution is -0.116. The summed E-state index contributed by atoms with van der Waals surface area (Å²) in [6.07, 6.45) is 0.127. The van der Waals surface area contributed by atoms with Gasteiger partial charge in [-0.15, -0.1) is 0 Å². The topological polar surface area (TPSA) is 58.2 Å². The Bertz CT molecular complexity index is 653. The van der Waals surface area contributed by atoms with Gasteiger partial charge in [0.05, 0.1) is 23.8 Å². The average Bonchev–Trinajstić information content (AvgIpc) is 2.65. The van der Waals surface area contributed by atoms with E-state index >= 15 is 0 Å². The molecule has 1 unspecified atom stereocenters. The number of anilines is 2. The summed E-state index contributed by atoms with van der Waals surface area (Å²) in [5, 5.41) is 5.96. The first-order chi connectivity index (χ1) is 9.74. The summed E-state index contributed by atoms with van der Waals surface area (Å²) in [5.41, 5.74) is 2.09. The number of para-hydroxylation sites is 2. The number of hydrogen-bond acceptors (Lipinski definition) is 3. The molecule has 4 heteroatoms. The standard InChI is InChI=1S/C16H14N2O2/c19-15-10-14(16(20)11-6-2-1-3-7-11)17-12-8-4-5-9-13(12)18-15/h1-9,14,17H,10H2,(H,18,19). The van der Waals surface area contributed by atoms with Gasteiger partial charge in [0.1, 0.15) is 0 Å². The average molecular weight is 266 g/mol. The van der Waals surface area contributed by atoms with Crippen molar-refractivity contribution in [2.45, 2.75) is 12.5 Å². The quantitative estimate of drug-likeness (QED) is 0.822. The van der Waals surface area contributed by atoms with Gasteiger partial charge in [0.25, 0.3) is 0 Å². The van der Waals surface area contributed by atoms with Crippen molar-refractivity contribution >= 4 is 23.1 Å². The van der Waals surface area contributed by atoms with Crippen LogP contribution in [0.15, 0.2) is 54.6 Å². The lowest BCUT2D eigenvalue weighted by Gasteiger charge is -2.15. The van der Waals surface area contributed by atoms with E-state index in [2.05, 4.69) is 10.6 Å². The number of rotatable bonds is 2. The van der Waals surface area contributed by atoms with E-state index in [1.165, 1.54) is 0 Å². The summed E-state index contributed by atoms with van der Waals surface area (Å²) in [5.74, 6) is -0.228. The molecule has 1 aliphatic heterocycles. The first-order valence-electron chi connectivity index (χ1n) is 6.49. The van der Waals surface area contributed by atoms with Gasteiger partial charge < -0.3 is 10.6 Å². The Balaban J connectivity index is 1.91. The van der Waals surface area contributed by atoms with Crippen molar-refractivity contribution in [2.24, 2.45) is 0 Å². The smallest absolute Gasteiger partial charge is 0.226 e. The highest BCUT2D eigenvalue weighted by atomic mass is 16.2. The molecule has 0 spiro atoms. The molecule has 1 atom stereocenters. The highest BCUT2D eigenvalue weighted by molar-refractivity contribution is 6.07. The van der Waals surface area contributed by atoms with Crippen LogP contribution in [-0.2, 0) is 4.79 Å². The molecule has 3 rings (SSSR count). The van der Waals surface area contributed by atoms with Gasteiger partial charge in [-0.2, -0.15) is 0 Å². The molecule has 0 saturated heterocycles. The fraction of sp³-hybridized carbons (Fsp3) is 0.125. The number of ketones is 1. The molecule has 100 valence electrons. The Kier molecular flexibility index (Phi) is 3.21. The van der Waals surface area contributed by atoms with Crippen LogP contribution in [0.1, 0.15) is 16.8 Å². The van der Waals surface area contributed by atoms with Crippen LogP contribution in [0.3, 0.4) is 0 Å². The Hall–Kier alpha value is -2.62. The first kappa shape index (κ1) is 12.4. The highest BCUT2D eigenvalue weighted by Gasteiger charge is 2.26. The minimum absolute atomic E-state index is 0.0718. The first-order valence-corrected chi connectivity index (χ1v) is 6.49. The molecule has 0 fully saturated rings. The van der Waals surface area contributed by atoms with Crippen molar-refractivity contribution in [1.82, 2.24) is 0 Å². The van der Waals surface area contributed by atoms with E-state index in [1.54, 1.807) is 12.1 Å². The van der Waals surface area contributed by atoms with Crippen molar-refractivity contribution in [3.05, 3.63) is 60.2 Å². The van der Waals surface area contributed by atoms with Gasteiger partial charge in [-0.25, -0.2) is 0 Å². The van der Waals surface area contributed by atoms with Crippen LogP contribution >= 0.6 is 0 Å². The Labute approximate surface area is 116 Å². The van der Waals surface area contributed by atoms with Crippen molar-refractivity contribution < 1.29 is 9.59 Å². The van der Waals surface area contributed by atoms with E-state index in [9.17, 15) is 9.59 Å². The van der Waals surface area contributed by atoms with E-state index in [0.717, 1.165) is 5.69 Å². The summed E-state index contributed by atoms with van der Waals surface area (Å²) in [4.78, 5) is 24.4. The molecule has 1 aliphatic rings. The van der Waals surface area contributed by atoms with Crippen LogP contribution in [0.5, 0.6) is 0 Å². The lowest BCUT2D eigenvalue weighted by Crippen LogP contribution is -2.31. The zero-order chi connectivity index (χ0) is 13.9. The predicted octanol–water partition coefficient (Wildman–Crippen LogP) is 2.69. The van der Waals surface area contributed by atoms with Crippen LogP contribution in [0.25, 0.3) is 0 Å². The van der Waals surface area contributed by atoms with E-state index in [0.29, 0.717) is 11.3 Å². The van der Waals surface area contributed by atoms with Crippen LogP contribution < -0.4 is 10.6 Å². The fourth-order valence-corrected chi connectivity index (χ4v) is 2.31. The summed E-state index contributed by atoms with van der Waals surface area (Å²) in [7, 11) is 0. The Morgan fingerprint density at radius 2 is 1.60 bits per heavy atom. The van der Waals surface area contributed by atoms with Gasteiger partial charge in [-0.1, -0.05) is 42.5 Å². The van der Waals surface area contributed by atoms with Gasteiger partial charge in [-0.05, 0) is 12.1 Å². The van der Waals surface area contributed by atoms with E-state index < -0.39 is 6.04 Å². The van der Waals surface area contributed by atoms with Gasteiger partial charge in [0, 0.05) is 5.56 Å². The van der Waals surface area contributed by atoms with E-state index in [1.807, 2.05) is 42.5 Å². The molecule has 2 aromatic carbocycles. The molecule has 20 heavy (non-hydrogen) atoms. The van der Waals surface area contributed by atoms with Crippen LogP contribution in [0, 0.1) is 0 Å². The molecule has 1 amide bonds. The number of Topliss-reactive ketones (excluding diaryl/α,β-unsaturated/α-hetero) is 1. The van der Waals surface area contributed by atoms with Crippen molar-refractivity contribution in [3.63, 3.8) is 0 Å². The monoisotopic (exact) mass is 266 g/mol. The predicted molar refractivity (Wildman–Crippen MR) is 77.9 cm³/mol. The molecule has 0 aromatic heterocycles. The number of carbonyl (C=O) groups is 2. The fourth-order valence-electron chi connectivity index (χ4n) is 2.31. The van der Waals surface area contributed by atoms with Crippen molar-refractivity contribution in [2.75, 3.05) is 10.6 Å². The normalized spacial score (nSPS) is 17.4. The van der Waals surface area contributed by atoms with Crippen LogP contribution in [0.4, 0.5) is 11.4 Å². The summed E-state index contributed by atoms with van der Waals surface area (Å²) in [6, 6.07) is 15.9. The maximum atomic E-state index is 12.5. The van der Waals surface area contributed by atoms with Crippen molar-refractivity contribution in [1.29, 1.82) is 0 Å². The second-order valence-corrected chi connectivity index (χ2v) is 4.73. The second kappa shape index (κ2) is 5.17. The lowest BCUT2D eigenvalue weighted by atomic mass is 10.0. The maximum Gasteiger partial charge on any atom is 0.226 e. The SMILES string of the molecule is O=C1CC(C(=O)c2ccccc2)Nc2ccccc2N1. The van der Waals surface area contributed by atoms with Gasteiger partial charge in [0.15, 0.2) is 5.78 Å². The largest absolute Gasteiger partial charge is 0.373 e. The van der Waals surface area contributed by atoms with Crippen LogP contribution in [0.2, 0.25) is 0 Å². The third-order valence-corrected chi connectivity index (χ3v) is 3.30. The Morgan fingerprint density at radius 1 is 0.950 bits per heavy atom.